The van der Waals surface area contributed by atoms with Crippen molar-refractivity contribution in [1.29, 1.82) is 0 Å². The molecule has 1 aromatic carbocycles. The van der Waals surface area contributed by atoms with Gasteiger partial charge in [-0.2, -0.15) is 0 Å². The van der Waals surface area contributed by atoms with Crippen LogP contribution in [0.3, 0.4) is 0 Å². The molecule has 1 aliphatic heterocycles. The van der Waals surface area contributed by atoms with E-state index >= 15 is 0 Å². The van der Waals surface area contributed by atoms with Crippen LogP contribution in [-0.2, 0) is 43.8 Å². The molecule has 0 saturated carbocycles. The summed E-state index contributed by atoms with van der Waals surface area (Å²) in [6.07, 6.45) is 0. The number of nitrogens with zero attached hydrogens (tertiary/aromatic N) is 1. The summed E-state index contributed by atoms with van der Waals surface area (Å²) in [4.78, 5) is 2.22. The van der Waals surface area contributed by atoms with Gasteiger partial charge in [0, 0.05) is 0 Å². The molecule has 2 rings (SSSR count). The van der Waals surface area contributed by atoms with E-state index in [1.54, 1.807) is 0 Å². The van der Waals surface area contributed by atoms with Crippen molar-refractivity contribution in [3.8, 4) is 0 Å². The second-order valence-corrected chi connectivity index (χ2v) is 4.53. The van der Waals surface area contributed by atoms with E-state index in [4.69, 9.17) is 28.0 Å². The van der Waals surface area contributed by atoms with E-state index in [2.05, 4.69) is 92.1 Å². The summed E-state index contributed by atoms with van der Waals surface area (Å²) in [5.41, 5.74) is 1.08. The zero-order chi connectivity index (χ0) is 20.9. The molecule has 0 N–H and O–H groups in total. The third-order valence-corrected chi connectivity index (χ3v) is 3.20. The summed E-state index contributed by atoms with van der Waals surface area (Å²) in [5.74, 6) is 0. The number of hydrogen-bond acceptors (Lipinski definition) is 2. The average Bonchev–Trinajstić information content (AvgIpc) is 3.04. The molecule has 7 nitrogen and oxygen atoms in total. The first-order valence-electron chi connectivity index (χ1n) is 6.10. The number of ether oxygens (including phenoxy) is 1. The van der Waals surface area contributed by atoms with E-state index < -0.39 is 0 Å². The Morgan fingerprint density at radius 3 is 1.72 bits per heavy atom. The third-order valence-electron chi connectivity index (χ3n) is 2.85. The number of hydrogen-bond donors (Lipinski definition) is 0. The van der Waals surface area contributed by atoms with Crippen LogP contribution in [0, 0.1) is 33.3 Å². The second kappa shape index (κ2) is 22.2. The molecule has 130 valence electrons. The molecule has 8 heteroatoms. The monoisotopic (exact) mass is 381 g/mol. The molecule has 0 aromatic heterocycles. The quantitative estimate of drug-likeness (QED) is 0.576. The Bertz CT molecular complexity index is 513. The van der Waals surface area contributed by atoms with Crippen LogP contribution in [0.2, 0.25) is 0 Å². The molecule has 1 saturated heterocycles. The van der Waals surface area contributed by atoms with E-state index in [0.29, 0.717) is 6.04 Å². The normalized spacial score (nSPS) is 15.6. The first kappa shape index (κ1) is 31.1. The van der Waals surface area contributed by atoms with Gasteiger partial charge in [-0.25, -0.2) is 0 Å². The van der Waals surface area contributed by atoms with Crippen molar-refractivity contribution in [3.63, 3.8) is 0 Å². The van der Waals surface area contributed by atoms with Gasteiger partial charge in [0.25, 0.3) is 0 Å². The molecule has 0 radical (unpaired) electrons. The van der Waals surface area contributed by atoms with Crippen molar-refractivity contribution in [2.24, 2.45) is 0 Å². The van der Waals surface area contributed by atoms with Crippen molar-refractivity contribution in [3.05, 3.63) is 69.1 Å². The van der Waals surface area contributed by atoms with E-state index in [0.717, 1.165) is 6.61 Å². The number of benzene rings is 1. The minimum absolute atomic E-state index is 0.217. The van der Waals surface area contributed by atoms with Gasteiger partial charge in [0.1, 0.15) is 0 Å². The van der Waals surface area contributed by atoms with Gasteiger partial charge in [-0.15, -0.1) is 0 Å². The van der Waals surface area contributed by atoms with Gasteiger partial charge in [-0.05, 0) is 0 Å². The predicted molar refractivity (Wildman–Crippen MR) is 76.8 cm³/mol. The number of rotatable bonds is 2. The molecular weight excluding hydrogens is 366 g/mol. The molecule has 1 heterocycles. The van der Waals surface area contributed by atoms with Crippen molar-refractivity contribution in [2.75, 3.05) is 6.61 Å². The van der Waals surface area contributed by atoms with Gasteiger partial charge in [0.05, 0.1) is 0 Å². The van der Waals surface area contributed by atoms with Gasteiger partial charge in [-0.1, -0.05) is 0 Å². The topological polar surface area (TPSA) is 112 Å². The van der Waals surface area contributed by atoms with E-state index in [1.165, 1.54) is 5.56 Å². The Kier molecular flexibility index (Phi) is 27.6. The Balaban J connectivity index is -0.000000191. The van der Waals surface area contributed by atoms with Crippen LogP contribution in [0.25, 0.3) is 0 Å². The average molecular weight is 381 g/mol. The first-order chi connectivity index (χ1) is 12.1. The van der Waals surface area contributed by atoms with Crippen molar-refractivity contribution in [2.45, 2.75) is 25.6 Å². The molecule has 1 atom stereocenters. The fraction of sp³-hybridized carbons (Fsp3) is 0.294. The van der Waals surface area contributed by atoms with Crippen LogP contribution in [0.1, 0.15) is 25.5 Å². The van der Waals surface area contributed by atoms with Gasteiger partial charge < -0.3 is 0 Å². The summed E-state index contributed by atoms with van der Waals surface area (Å²) in [5, 5.41) is 1.99. The molecule has 0 bridgehead atoms. The molecule has 1 fully saturated rings. The zero-order valence-corrected chi connectivity index (χ0v) is 14.8. The van der Waals surface area contributed by atoms with Crippen LogP contribution in [0.5, 0.6) is 0 Å². The standard InChI is InChI=1S/C12H15NO.5CO.Cr/c1-12(2)13(3)11(9-14-12)10-7-5-4-6-8-10;5*1-2;/h3-8,11H,9H2,1-2H3;;;;;;/t11-;;;;;;/m1....../s1. The predicted octanol–water partition coefficient (Wildman–Crippen LogP) is 1.91. The summed E-state index contributed by atoms with van der Waals surface area (Å²) >= 11 is 2.96. The van der Waals surface area contributed by atoms with Gasteiger partial charge in [0.2, 0.25) is 0 Å². The summed E-state index contributed by atoms with van der Waals surface area (Å²) in [6.45, 7) is 27.4. The van der Waals surface area contributed by atoms with Crippen molar-refractivity contribution in [1.82, 2.24) is 4.90 Å². The summed E-state index contributed by atoms with van der Waals surface area (Å²) in [6, 6.07) is 10.8. The van der Waals surface area contributed by atoms with Crippen molar-refractivity contribution < 1.29 is 43.8 Å². The van der Waals surface area contributed by atoms with E-state index in [9.17, 15) is 0 Å². The maximum absolute atomic E-state index is 7.50. The van der Waals surface area contributed by atoms with Crippen molar-refractivity contribution >= 4 is 5.01 Å². The molecule has 0 aliphatic carbocycles. The SMILES string of the molecule is CC1(C)OC[C@H](c2ccccc2)N1[CH]=[Cr].[C-]#[O+].[C-]#[O+].[C-]#[O+].[C-]#[O+].[C-]#[O+]. The maximum atomic E-state index is 7.50. The Labute approximate surface area is 155 Å². The Morgan fingerprint density at radius 1 is 0.960 bits per heavy atom. The Morgan fingerprint density at radius 2 is 1.36 bits per heavy atom. The van der Waals surface area contributed by atoms with Crippen LogP contribution in [-0.4, -0.2) is 22.2 Å². The van der Waals surface area contributed by atoms with Crippen LogP contribution < -0.4 is 0 Å². The van der Waals surface area contributed by atoms with Crippen LogP contribution >= 0.6 is 0 Å². The molecule has 0 spiro atoms. The molecule has 0 amide bonds. The fourth-order valence-corrected chi connectivity index (χ4v) is 2.57. The molecular formula is C17H15CrNO6. The molecule has 25 heavy (non-hydrogen) atoms. The second-order valence-electron chi connectivity index (χ2n) is 4.20. The van der Waals surface area contributed by atoms with Gasteiger partial charge in [-0.3, -0.25) is 0 Å². The van der Waals surface area contributed by atoms with Crippen LogP contribution in [0.4, 0.5) is 0 Å². The fourth-order valence-electron chi connectivity index (χ4n) is 1.95. The van der Waals surface area contributed by atoms with Gasteiger partial charge in [0.15, 0.2) is 0 Å². The van der Waals surface area contributed by atoms with Gasteiger partial charge >= 0.3 is 155 Å². The molecule has 1 aromatic rings. The van der Waals surface area contributed by atoms with E-state index in [-0.39, 0.29) is 5.72 Å². The Hall–Kier alpha value is -1.76. The minimum atomic E-state index is -0.217. The zero-order valence-electron chi connectivity index (χ0n) is 13.6. The molecule has 0 unspecified atom stereocenters. The summed E-state index contributed by atoms with van der Waals surface area (Å²) < 4.78 is 43.3. The van der Waals surface area contributed by atoms with E-state index in [1.807, 2.05) is 11.1 Å². The molecule has 1 aliphatic rings. The first-order valence-corrected chi connectivity index (χ1v) is 6.83. The third kappa shape index (κ3) is 11.4. The van der Waals surface area contributed by atoms with Crippen LogP contribution in [0.15, 0.2) is 30.3 Å². The summed E-state index contributed by atoms with van der Waals surface area (Å²) in [7, 11) is 0.